The maximum Gasteiger partial charge on any atom is 0.113 e. The molecule has 1 atom stereocenters. The first-order chi connectivity index (χ1) is 4.18. The predicted molar refractivity (Wildman–Crippen MR) is 41.7 cm³/mol. The van der Waals surface area contributed by atoms with Crippen molar-refractivity contribution in [2.75, 3.05) is 0 Å². The highest BCUT2D eigenvalue weighted by Crippen LogP contribution is 2.22. The Morgan fingerprint density at radius 1 is 1.67 bits per heavy atom. The van der Waals surface area contributed by atoms with Crippen molar-refractivity contribution in [1.29, 1.82) is 0 Å². The van der Waals surface area contributed by atoms with Gasteiger partial charge in [0.05, 0.1) is 7.85 Å². The average Bonchev–Trinajstić information content (AvgIpc) is 1.59. The Bertz CT molecular complexity index is 168. The minimum Gasteiger partial charge on any atom is -0.101 e. The smallest absolute Gasteiger partial charge is 0.101 e. The van der Waals surface area contributed by atoms with Crippen LogP contribution in [0.5, 0.6) is 0 Å². The molecule has 0 nitrogen and oxygen atoms in total. The van der Waals surface area contributed by atoms with E-state index < -0.39 is 0 Å². The van der Waals surface area contributed by atoms with Crippen LogP contribution < -0.4 is 0 Å². The number of rotatable bonds is 0. The van der Waals surface area contributed by atoms with Gasteiger partial charge in [0.1, 0.15) is 7.85 Å². The van der Waals surface area contributed by atoms with Gasteiger partial charge >= 0.3 is 0 Å². The fourth-order valence-corrected chi connectivity index (χ4v) is 1.07. The zero-order valence-electron chi connectivity index (χ0n) is 5.59. The van der Waals surface area contributed by atoms with E-state index in [0.29, 0.717) is 0 Å². The molecule has 0 fully saturated rings. The molecule has 2 heteroatoms. The zero-order chi connectivity index (χ0) is 6.85. The third-order valence-electron chi connectivity index (χ3n) is 1.38. The molecule has 0 aromatic heterocycles. The lowest BCUT2D eigenvalue weighted by molar-refractivity contribution is 0.952. The first kappa shape index (κ1) is 6.73. The predicted octanol–water partition coefficient (Wildman–Crippen LogP) is 1.35. The van der Waals surface area contributed by atoms with Crippen LogP contribution in [0.1, 0.15) is 13.3 Å². The largest absolute Gasteiger partial charge is 0.113 e. The minimum atomic E-state index is 0.134. The van der Waals surface area contributed by atoms with Crippen molar-refractivity contribution in [1.82, 2.24) is 0 Å². The zero-order valence-corrected chi connectivity index (χ0v) is 5.59. The van der Waals surface area contributed by atoms with Crippen molar-refractivity contribution in [3.05, 3.63) is 23.2 Å². The summed E-state index contributed by atoms with van der Waals surface area (Å²) in [6.07, 6.45) is 4.79. The SMILES string of the molecule is [B]C1=CC([B])CC(C)=C1. The summed E-state index contributed by atoms with van der Waals surface area (Å²) in [6, 6.07) is 0. The fraction of sp³-hybridized carbons (Fsp3) is 0.429. The van der Waals surface area contributed by atoms with Gasteiger partial charge in [-0.25, -0.2) is 0 Å². The Morgan fingerprint density at radius 2 is 2.33 bits per heavy atom. The van der Waals surface area contributed by atoms with Crippen LogP contribution in [0.15, 0.2) is 23.2 Å². The van der Waals surface area contributed by atoms with Gasteiger partial charge in [-0.2, -0.15) is 0 Å². The molecule has 0 aromatic carbocycles. The Kier molecular flexibility index (Phi) is 1.84. The Balaban J connectivity index is 2.74. The van der Waals surface area contributed by atoms with Gasteiger partial charge in [-0.1, -0.05) is 23.5 Å². The summed E-state index contributed by atoms with van der Waals surface area (Å²) in [6.45, 7) is 2.04. The summed E-state index contributed by atoms with van der Waals surface area (Å²) in [5, 5.41) is 0. The minimum absolute atomic E-state index is 0.134. The van der Waals surface area contributed by atoms with Crippen LogP contribution in [0, 0.1) is 0 Å². The van der Waals surface area contributed by atoms with Gasteiger partial charge in [0.15, 0.2) is 0 Å². The van der Waals surface area contributed by atoms with Crippen molar-refractivity contribution in [3.8, 4) is 0 Å². The second-order valence-electron chi connectivity index (χ2n) is 2.53. The molecule has 1 aliphatic rings. The van der Waals surface area contributed by atoms with Crippen molar-refractivity contribution >= 4 is 15.7 Å². The highest BCUT2D eigenvalue weighted by Gasteiger charge is 2.03. The van der Waals surface area contributed by atoms with Gasteiger partial charge in [0.2, 0.25) is 0 Å². The molecule has 1 unspecified atom stereocenters. The maximum absolute atomic E-state index is 5.62. The van der Waals surface area contributed by atoms with Gasteiger partial charge in [0, 0.05) is 0 Å². The normalized spacial score (nSPS) is 27.0. The van der Waals surface area contributed by atoms with Crippen LogP contribution in [0.25, 0.3) is 0 Å². The molecule has 0 bridgehead atoms. The van der Waals surface area contributed by atoms with Crippen LogP contribution in [-0.2, 0) is 0 Å². The van der Waals surface area contributed by atoms with Crippen LogP contribution in [0.3, 0.4) is 0 Å². The van der Waals surface area contributed by atoms with E-state index in [1.165, 1.54) is 5.57 Å². The lowest BCUT2D eigenvalue weighted by Gasteiger charge is -2.13. The molecule has 9 heavy (non-hydrogen) atoms. The number of hydrogen-bond donors (Lipinski definition) is 0. The quantitative estimate of drug-likeness (QED) is 0.416. The van der Waals surface area contributed by atoms with E-state index in [2.05, 4.69) is 0 Å². The lowest BCUT2D eigenvalue weighted by atomic mass is 9.74. The van der Waals surface area contributed by atoms with Gasteiger partial charge in [-0.3, -0.25) is 0 Å². The van der Waals surface area contributed by atoms with Crippen LogP contribution >= 0.6 is 0 Å². The molecule has 0 saturated heterocycles. The fourth-order valence-electron chi connectivity index (χ4n) is 1.07. The van der Waals surface area contributed by atoms with E-state index in [0.717, 1.165) is 11.9 Å². The molecule has 0 aromatic rings. The molecule has 0 aliphatic heterocycles. The molecule has 0 saturated carbocycles. The standard InChI is InChI=1S/C7H8B2/c1-5-2-6(8)4-7(9)3-5/h2,4,7H,3H2,1H3. The second kappa shape index (κ2) is 2.47. The highest BCUT2D eigenvalue weighted by molar-refractivity contribution is 6.25. The van der Waals surface area contributed by atoms with Gasteiger partial charge in [-0.15, -0.1) is 5.47 Å². The summed E-state index contributed by atoms with van der Waals surface area (Å²) >= 11 is 0. The van der Waals surface area contributed by atoms with Crippen LogP contribution in [-0.4, -0.2) is 15.7 Å². The summed E-state index contributed by atoms with van der Waals surface area (Å²) in [5.74, 6) is 0.134. The van der Waals surface area contributed by atoms with Crippen molar-refractivity contribution < 1.29 is 0 Å². The monoisotopic (exact) mass is 114 g/mol. The Labute approximate surface area is 58.8 Å². The summed E-state index contributed by atoms with van der Waals surface area (Å²) < 4.78 is 0. The summed E-state index contributed by atoms with van der Waals surface area (Å²) in [5.41, 5.74) is 2.06. The molecule has 1 rings (SSSR count). The Hall–Kier alpha value is -0.390. The second-order valence-corrected chi connectivity index (χ2v) is 2.53. The molecule has 0 heterocycles. The van der Waals surface area contributed by atoms with Crippen LogP contribution in [0.2, 0.25) is 5.82 Å². The lowest BCUT2D eigenvalue weighted by Crippen LogP contribution is -1.97. The first-order valence-corrected chi connectivity index (χ1v) is 3.08. The van der Waals surface area contributed by atoms with Crippen molar-refractivity contribution in [3.63, 3.8) is 0 Å². The molecule has 42 valence electrons. The number of hydrogen-bond acceptors (Lipinski definition) is 0. The van der Waals surface area contributed by atoms with E-state index >= 15 is 0 Å². The third kappa shape index (κ3) is 1.78. The molecule has 4 radical (unpaired) electrons. The molecular weight excluding hydrogens is 106 g/mol. The molecule has 0 spiro atoms. The summed E-state index contributed by atoms with van der Waals surface area (Å²) in [4.78, 5) is 0. The van der Waals surface area contributed by atoms with E-state index in [9.17, 15) is 0 Å². The van der Waals surface area contributed by atoms with Crippen molar-refractivity contribution in [2.45, 2.75) is 19.2 Å². The van der Waals surface area contributed by atoms with Gasteiger partial charge in [-0.05, 0) is 13.3 Å². The maximum atomic E-state index is 5.62. The molecule has 0 amide bonds. The Morgan fingerprint density at radius 3 is 2.78 bits per heavy atom. The van der Waals surface area contributed by atoms with Gasteiger partial charge in [0.25, 0.3) is 0 Å². The summed E-state index contributed by atoms with van der Waals surface area (Å²) in [7, 11) is 11.1. The first-order valence-electron chi connectivity index (χ1n) is 3.08. The highest BCUT2D eigenvalue weighted by atomic mass is 14.0. The number of allylic oxidation sites excluding steroid dienone is 4. The average molecular weight is 114 g/mol. The van der Waals surface area contributed by atoms with Crippen LogP contribution in [0.4, 0.5) is 0 Å². The molecule has 1 aliphatic carbocycles. The van der Waals surface area contributed by atoms with Crippen molar-refractivity contribution in [2.24, 2.45) is 0 Å². The van der Waals surface area contributed by atoms with E-state index in [1.807, 2.05) is 19.1 Å². The van der Waals surface area contributed by atoms with Gasteiger partial charge < -0.3 is 0 Å². The molecular formula is C7H8B2. The van der Waals surface area contributed by atoms with E-state index in [4.69, 9.17) is 15.7 Å². The van der Waals surface area contributed by atoms with E-state index in [1.54, 1.807) is 0 Å². The third-order valence-corrected chi connectivity index (χ3v) is 1.38. The van der Waals surface area contributed by atoms with E-state index in [-0.39, 0.29) is 5.82 Å². The topological polar surface area (TPSA) is 0 Å². The molecule has 0 N–H and O–H groups in total.